The van der Waals surface area contributed by atoms with Crippen LogP contribution >= 0.6 is 11.8 Å². The van der Waals surface area contributed by atoms with Gasteiger partial charge in [-0.2, -0.15) is 0 Å². The average molecular weight is 405 g/mol. The van der Waals surface area contributed by atoms with Crippen molar-refractivity contribution in [2.45, 2.75) is 19.1 Å². The van der Waals surface area contributed by atoms with Crippen molar-refractivity contribution in [3.63, 3.8) is 0 Å². The number of nitrogens with one attached hydrogen (secondary N) is 2. The highest BCUT2D eigenvalue weighted by Gasteiger charge is 2.13. The number of aryl methyl sites for hydroxylation is 1. The first-order valence-electron chi connectivity index (χ1n) is 9.56. The molecule has 3 aromatic carbocycles. The Labute approximate surface area is 175 Å². The molecule has 2 N–H and O–H groups in total. The van der Waals surface area contributed by atoms with Crippen molar-refractivity contribution in [1.29, 1.82) is 0 Å². The molecule has 5 heteroatoms. The fourth-order valence-corrected chi connectivity index (χ4v) is 3.62. The highest BCUT2D eigenvalue weighted by atomic mass is 32.2. The molecule has 3 aromatic rings. The largest absolute Gasteiger partial charge is 0.325 e. The maximum absolute atomic E-state index is 12.7. The van der Waals surface area contributed by atoms with Gasteiger partial charge in [0, 0.05) is 11.4 Å². The van der Waals surface area contributed by atoms with Crippen molar-refractivity contribution in [3.05, 3.63) is 95.6 Å². The summed E-state index contributed by atoms with van der Waals surface area (Å²) in [7, 11) is 0. The minimum Gasteiger partial charge on any atom is -0.325 e. The second kappa shape index (κ2) is 10.5. The minimum absolute atomic E-state index is 0.126. The van der Waals surface area contributed by atoms with Crippen molar-refractivity contribution in [1.82, 2.24) is 0 Å². The van der Waals surface area contributed by atoms with Crippen molar-refractivity contribution in [3.8, 4) is 0 Å². The lowest BCUT2D eigenvalue weighted by atomic mass is 10.1. The van der Waals surface area contributed by atoms with Crippen LogP contribution in [0.1, 0.15) is 28.4 Å². The molecule has 0 fully saturated rings. The predicted molar refractivity (Wildman–Crippen MR) is 121 cm³/mol. The summed E-state index contributed by atoms with van der Waals surface area (Å²) in [5, 5.41) is 5.75. The van der Waals surface area contributed by atoms with Crippen LogP contribution in [0.5, 0.6) is 0 Å². The molecule has 0 saturated heterocycles. The van der Waals surface area contributed by atoms with Crippen LogP contribution in [0.15, 0.2) is 78.9 Å². The molecule has 0 spiro atoms. The van der Waals surface area contributed by atoms with Crippen LogP contribution in [0.3, 0.4) is 0 Å². The van der Waals surface area contributed by atoms with E-state index in [-0.39, 0.29) is 11.8 Å². The normalized spacial score (nSPS) is 10.4. The van der Waals surface area contributed by atoms with E-state index in [0.29, 0.717) is 17.0 Å². The van der Waals surface area contributed by atoms with E-state index in [0.717, 1.165) is 17.9 Å². The summed E-state index contributed by atoms with van der Waals surface area (Å²) >= 11 is 1.54. The lowest BCUT2D eigenvalue weighted by Gasteiger charge is -2.12. The predicted octanol–water partition coefficient (Wildman–Crippen LogP) is 5.37. The highest BCUT2D eigenvalue weighted by Crippen LogP contribution is 2.19. The molecule has 0 atom stereocenters. The van der Waals surface area contributed by atoms with E-state index in [4.69, 9.17) is 0 Å². The van der Waals surface area contributed by atoms with Gasteiger partial charge in [-0.15, -0.1) is 11.8 Å². The molecule has 0 aromatic heterocycles. The van der Waals surface area contributed by atoms with Crippen molar-refractivity contribution < 1.29 is 9.59 Å². The molecule has 0 saturated carbocycles. The first-order chi connectivity index (χ1) is 14.2. The zero-order chi connectivity index (χ0) is 20.5. The summed E-state index contributed by atoms with van der Waals surface area (Å²) in [4.78, 5) is 25.0. The Morgan fingerprint density at radius 2 is 1.48 bits per heavy atom. The molecule has 2 amide bonds. The molecule has 4 nitrogen and oxygen atoms in total. The van der Waals surface area contributed by atoms with Crippen LogP contribution in [0.25, 0.3) is 0 Å². The second-order valence-electron chi connectivity index (χ2n) is 6.58. The highest BCUT2D eigenvalue weighted by molar-refractivity contribution is 7.99. The molecule has 0 aliphatic rings. The fourth-order valence-electron chi connectivity index (χ4n) is 2.83. The number of hydrogen-bond acceptors (Lipinski definition) is 3. The summed E-state index contributed by atoms with van der Waals surface area (Å²) < 4.78 is 0. The molecule has 0 aliphatic heterocycles. The fraction of sp³-hybridized carbons (Fsp3) is 0.167. The number of thioether (sulfide) groups is 1. The van der Waals surface area contributed by atoms with Crippen LogP contribution in [-0.4, -0.2) is 17.6 Å². The number of carbonyl (C=O) groups is 2. The van der Waals surface area contributed by atoms with E-state index in [1.54, 1.807) is 36.0 Å². The Kier molecular flexibility index (Phi) is 7.47. The Morgan fingerprint density at radius 1 is 0.793 bits per heavy atom. The average Bonchev–Trinajstić information content (AvgIpc) is 2.75. The molecular weight excluding hydrogens is 380 g/mol. The molecule has 0 unspecified atom stereocenters. The SMILES string of the molecule is CCc1ccc(NC(=O)c2ccccc2NC(=O)CSCc2ccccc2)cc1. The van der Waals surface area contributed by atoms with Gasteiger partial charge in [-0.1, -0.05) is 61.5 Å². The van der Waals surface area contributed by atoms with Gasteiger partial charge < -0.3 is 10.6 Å². The van der Waals surface area contributed by atoms with E-state index in [2.05, 4.69) is 17.6 Å². The smallest absolute Gasteiger partial charge is 0.257 e. The number of amides is 2. The minimum atomic E-state index is -0.248. The van der Waals surface area contributed by atoms with Crippen LogP contribution < -0.4 is 10.6 Å². The van der Waals surface area contributed by atoms with E-state index >= 15 is 0 Å². The molecule has 0 radical (unpaired) electrons. The van der Waals surface area contributed by atoms with Gasteiger partial charge in [0.15, 0.2) is 0 Å². The van der Waals surface area contributed by atoms with Crippen LogP contribution in [0, 0.1) is 0 Å². The Hall–Kier alpha value is -3.05. The monoisotopic (exact) mass is 404 g/mol. The molecular formula is C24H24N2O2S. The third kappa shape index (κ3) is 6.22. The van der Waals surface area contributed by atoms with Gasteiger partial charge >= 0.3 is 0 Å². The zero-order valence-electron chi connectivity index (χ0n) is 16.4. The quantitative estimate of drug-likeness (QED) is 0.530. The van der Waals surface area contributed by atoms with Crippen LogP contribution in [0.2, 0.25) is 0 Å². The first-order valence-corrected chi connectivity index (χ1v) is 10.7. The summed E-state index contributed by atoms with van der Waals surface area (Å²) in [5.74, 6) is 0.716. The van der Waals surface area contributed by atoms with Crippen molar-refractivity contribution in [2.75, 3.05) is 16.4 Å². The van der Waals surface area contributed by atoms with E-state index in [1.807, 2.05) is 54.6 Å². The van der Waals surface area contributed by atoms with Crippen LogP contribution in [-0.2, 0) is 17.0 Å². The van der Waals surface area contributed by atoms with Crippen molar-refractivity contribution in [2.24, 2.45) is 0 Å². The topological polar surface area (TPSA) is 58.2 Å². The summed E-state index contributed by atoms with van der Waals surface area (Å²) in [5.41, 5.74) is 4.07. The van der Waals surface area contributed by atoms with Gasteiger partial charge in [-0.05, 0) is 41.8 Å². The maximum Gasteiger partial charge on any atom is 0.257 e. The number of anilines is 2. The number of carbonyl (C=O) groups excluding carboxylic acids is 2. The number of rotatable bonds is 8. The van der Waals surface area contributed by atoms with E-state index in [1.165, 1.54) is 11.1 Å². The lowest BCUT2D eigenvalue weighted by molar-refractivity contribution is -0.113. The van der Waals surface area contributed by atoms with E-state index in [9.17, 15) is 9.59 Å². The third-order valence-corrected chi connectivity index (χ3v) is 5.41. The number of para-hydroxylation sites is 1. The second-order valence-corrected chi connectivity index (χ2v) is 7.56. The maximum atomic E-state index is 12.7. The first kappa shape index (κ1) is 20.7. The molecule has 3 rings (SSSR count). The molecule has 0 bridgehead atoms. The molecule has 29 heavy (non-hydrogen) atoms. The van der Waals surface area contributed by atoms with Gasteiger partial charge in [0.25, 0.3) is 5.91 Å². The number of hydrogen-bond donors (Lipinski definition) is 2. The van der Waals surface area contributed by atoms with Gasteiger partial charge in [0.05, 0.1) is 17.0 Å². The lowest BCUT2D eigenvalue weighted by Crippen LogP contribution is -2.19. The van der Waals surface area contributed by atoms with Crippen LogP contribution in [0.4, 0.5) is 11.4 Å². The summed E-state index contributed by atoms with van der Waals surface area (Å²) in [6.07, 6.45) is 0.950. The van der Waals surface area contributed by atoms with Gasteiger partial charge in [-0.3, -0.25) is 9.59 Å². The number of benzene rings is 3. The molecule has 148 valence electrons. The van der Waals surface area contributed by atoms with Gasteiger partial charge in [0.2, 0.25) is 5.91 Å². The summed E-state index contributed by atoms with van der Waals surface area (Å²) in [6.45, 7) is 2.09. The summed E-state index contributed by atoms with van der Waals surface area (Å²) in [6, 6.07) is 24.8. The molecule has 0 aliphatic carbocycles. The third-order valence-electron chi connectivity index (χ3n) is 4.41. The van der Waals surface area contributed by atoms with E-state index < -0.39 is 0 Å². The Balaban J connectivity index is 1.58. The van der Waals surface area contributed by atoms with Gasteiger partial charge in [-0.25, -0.2) is 0 Å². The van der Waals surface area contributed by atoms with Gasteiger partial charge in [0.1, 0.15) is 0 Å². The van der Waals surface area contributed by atoms with Crippen molar-refractivity contribution >= 4 is 35.0 Å². The Bertz CT molecular complexity index is 956. The zero-order valence-corrected chi connectivity index (χ0v) is 17.2. The Morgan fingerprint density at radius 3 is 2.21 bits per heavy atom. The molecule has 0 heterocycles. The standard InChI is InChI=1S/C24H24N2O2S/c1-2-18-12-14-20(15-13-18)25-24(28)21-10-6-7-11-22(21)26-23(27)17-29-16-19-8-4-3-5-9-19/h3-15H,2,16-17H2,1H3,(H,25,28)(H,26,27).